The van der Waals surface area contributed by atoms with Crippen LogP contribution in [0.15, 0.2) is 54.1 Å². The van der Waals surface area contributed by atoms with Crippen LogP contribution in [-0.4, -0.2) is 25.1 Å². The molecule has 0 aliphatic rings. The highest BCUT2D eigenvalue weighted by molar-refractivity contribution is 6.09. The number of aromatic hydroxyl groups is 1. The molecule has 0 saturated carbocycles. The van der Waals surface area contributed by atoms with Crippen LogP contribution >= 0.6 is 0 Å². The number of hydrogen-bond donors (Lipinski definition) is 1. The summed E-state index contributed by atoms with van der Waals surface area (Å²) in [4.78, 5) is 12.7. The van der Waals surface area contributed by atoms with Crippen LogP contribution in [0.2, 0.25) is 0 Å². The van der Waals surface area contributed by atoms with Gasteiger partial charge in [-0.15, -0.1) is 0 Å². The Balaban J connectivity index is 2.38. The summed E-state index contributed by atoms with van der Waals surface area (Å²) in [5.41, 5.74) is 3.34. The number of ketones is 1. The molecule has 4 nitrogen and oxygen atoms in total. The van der Waals surface area contributed by atoms with E-state index in [0.717, 1.165) is 11.1 Å². The minimum atomic E-state index is -0.156. The van der Waals surface area contributed by atoms with Gasteiger partial charge in [0.25, 0.3) is 0 Å². The van der Waals surface area contributed by atoms with Crippen LogP contribution in [-0.2, 0) is 6.42 Å². The molecule has 1 N–H and O–H groups in total. The molecule has 0 amide bonds. The summed E-state index contributed by atoms with van der Waals surface area (Å²) in [5.74, 6) is 1.26. The molecular formula is C22H24O4. The van der Waals surface area contributed by atoms with Gasteiger partial charge in [-0.25, -0.2) is 0 Å². The summed E-state index contributed by atoms with van der Waals surface area (Å²) >= 11 is 0. The second kappa shape index (κ2) is 8.90. The molecule has 4 heteroatoms. The van der Waals surface area contributed by atoms with Gasteiger partial charge in [0.15, 0.2) is 5.78 Å². The monoisotopic (exact) mass is 352 g/mol. The molecule has 0 aromatic heterocycles. The van der Waals surface area contributed by atoms with Crippen LogP contribution in [0.1, 0.15) is 35.3 Å². The van der Waals surface area contributed by atoms with Crippen molar-refractivity contribution < 1.29 is 19.4 Å². The molecule has 0 fully saturated rings. The number of rotatable bonds is 7. The fourth-order valence-corrected chi connectivity index (χ4v) is 2.57. The number of ether oxygens (including phenoxy) is 2. The van der Waals surface area contributed by atoms with Gasteiger partial charge in [-0.1, -0.05) is 29.9 Å². The lowest BCUT2D eigenvalue weighted by Crippen LogP contribution is -2.04. The van der Waals surface area contributed by atoms with Crippen molar-refractivity contribution >= 4 is 11.9 Å². The lowest BCUT2D eigenvalue weighted by molar-refractivity contribution is 0.104. The fourth-order valence-electron chi connectivity index (χ4n) is 2.57. The second-order valence-corrected chi connectivity index (χ2v) is 6.10. The molecule has 0 bridgehead atoms. The van der Waals surface area contributed by atoms with Crippen molar-refractivity contribution in [2.45, 2.75) is 20.3 Å². The molecule has 0 unspecified atom stereocenters. The van der Waals surface area contributed by atoms with Gasteiger partial charge in [0, 0.05) is 5.56 Å². The number of methoxy groups -OCH3 is 2. The number of carbonyl (C=O) groups is 1. The van der Waals surface area contributed by atoms with Crippen molar-refractivity contribution in [2.75, 3.05) is 14.2 Å². The zero-order valence-corrected chi connectivity index (χ0v) is 15.6. The van der Waals surface area contributed by atoms with Gasteiger partial charge in [0.05, 0.1) is 19.8 Å². The Labute approximate surface area is 154 Å². The highest BCUT2D eigenvalue weighted by Crippen LogP contribution is 2.33. The van der Waals surface area contributed by atoms with Crippen molar-refractivity contribution in [1.82, 2.24) is 0 Å². The first kappa shape index (κ1) is 19.3. The predicted octanol–water partition coefficient (Wildman–Crippen LogP) is 4.81. The van der Waals surface area contributed by atoms with Gasteiger partial charge in [-0.3, -0.25) is 4.79 Å². The maximum absolute atomic E-state index is 12.7. The summed E-state index contributed by atoms with van der Waals surface area (Å²) in [6, 6.07) is 10.1. The molecule has 136 valence electrons. The van der Waals surface area contributed by atoms with Gasteiger partial charge >= 0.3 is 0 Å². The third kappa shape index (κ3) is 4.76. The average molecular weight is 352 g/mol. The minimum absolute atomic E-state index is 0.156. The molecule has 0 aliphatic carbocycles. The standard InChI is InChI=1S/C22H24O4/c1-15(2)5-11-19-21(25-3)14-12-18(22(19)26-4)20(24)13-8-16-6-9-17(23)10-7-16/h5-10,12-14,23H,11H2,1-4H3. The van der Waals surface area contributed by atoms with E-state index in [1.165, 1.54) is 11.6 Å². The summed E-state index contributed by atoms with van der Waals surface area (Å²) in [7, 11) is 3.16. The third-order valence-electron chi connectivity index (χ3n) is 3.94. The number of phenolic OH excluding ortho intramolecular Hbond substituents is 1. The molecule has 26 heavy (non-hydrogen) atoms. The Morgan fingerprint density at radius 3 is 2.31 bits per heavy atom. The highest BCUT2D eigenvalue weighted by atomic mass is 16.5. The van der Waals surface area contributed by atoms with Crippen LogP contribution in [0.3, 0.4) is 0 Å². The van der Waals surface area contributed by atoms with Crippen LogP contribution in [0.4, 0.5) is 0 Å². The van der Waals surface area contributed by atoms with E-state index in [1.807, 2.05) is 13.8 Å². The first-order valence-electron chi connectivity index (χ1n) is 8.35. The van der Waals surface area contributed by atoms with E-state index in [9.17, 15) is 9.90 Å². The lowest BCUT2D eigenvalue weighted by Gasteiger charge is -2.15. The first-order chi connectivity index (χ1) is 12.5. The number of hydrogen-bond acceptors (Lipinski definition) is 4. The van der Waals surface area contributed by atoms with Crippen molar-refractivity contribution in [3.8, 4) is 17.2 Å². The van der Waals surface area contributed by atoms with E-state index in [4.69, 9.17) is 9.47 Å². The van der Waals surface area contributed by atoms with E-state index in [1.54, 1.807) is 56.7 Å². The third-order valence-corrected chi connectivity index (χ3v) is 3.94. The summed E-state index contributed by atoms with van der Waals surface area (Å²) in [5, 5.41) is 9.33. The van der Waals surface area contributed by atoms with E-state index in [-0.39, 0.29) is 11.5 Å². The zero-order valence-electron chi connectivity index (χ0n) is 15.6. The Bertz CT molecular complexity index is 826. The molecule has 2 aromatic carbocycles. The molecule has 0 atom stereocenters. The molecule has 0 heterocycles. The van der Waals surface area contributed by atoms with Gasteiger partial charge < -0.3 is 14.6 Å². The highest BCUT2D eigenvalue weighted by Gasteiger charge is 2.17. The van der Waals surface area contributed by atoms with Gasteiger partial charge in [-0.2, -0.15) is 0 Å². The van der Waals surface area contributed by atoms with Gasteiger partial charge in [0.2, 0.25) is 0 Å². The largest absolute Gasteiger partial charge is 0.508 e. The number of benzene rings is 2. The number of allylic oxidation sites excluding steroid dienone is 3. The lowest BCUT2D eigenvalue weighted by atomic mass is 10.00. The van der Waals surface area contributed by atoms with Gasteiger partial charge in [-0.05, 0) is 56.2 Å². The minimum Gasteiger partial charge on any atom is -0.508 e. The van der Waals surface area contributed by atoms with E-state index in [2.05, 4.69) is 6.08 Å². The molecular weight excluding hydrogens is 328 g/mol. The molecule has 2 aromatic rings. The maximum Gasteiger partial charge on any atom is 0.189 e. The Hall–Kier alpha value is -3.01. The molecule has 0 spiro atoms. The zero-order chi connectivity index (χ0) is 19.1. The van der Waals surface area contributed by atoms with E-state index < -0.39 is 0 Å². The van der Waals surface area contributed by atoms with Crippen LogP contribution in [0, 0.1) is 0 Å². The van der Waals surface area contributed by atoms with Crippen molar-refractivity contribution in [3.63, 3.8) is 0 Å². The predicted molar refractivity (Wildman–Crippen MR) is 104 cm³/mol. The first-order valence-corrected chi connectivity index (χ1v) is 8.35. The van der Waals surface area contributed by atoms with Crippen molar-refractivity contribution in [2.24, 2.45) is 0 Å². The normalized spacial score (nSPS) is 10.6. The molecule has 0 radical (unpaired) electrons. The Kier molecular flexibility index (Phi) is 6.61. The average Bonchev–Trinajstić information content (AvgIpc) is 2.64. The SMILES string of the molecule is COc1ccc(C(=O)C=Cc2ccc(O)cc2)c(OC)c1CC=C(C)C. The molecule has 0 saturated heterocycles. The molecule has 2 rings (SSSR count). The van der Waals surface area contributed by atoms with Crippen LogP contribution in [0.5, 0.6) is 17.2 Å². The quantitative estimate of drug-likeness (QED) is 0.441. The summed E-state index contributed by atoms with van der Waals surface area (Å²) in [6.07, 6.45) is 5.90. The van der Waals surface area contributed by atoms with E-state index in [0.29, 0.717) is 23.5 Å². The Morgan fingerprint density at radius 1 is 1.04 bits per heavy atom. The van der Waals surface area contributed by atoms with Gasteiger partial charge in [0.1, 0.15) is 17.2 Å². The van der Waals surface area contributed by atoms with Crippen LogP contribution < -0.4 is 9.47 Å². The second-order valence-electron chi connectivity index (χ2n) is 6.10. The van der Waals surface area contributed by atoms with Crippen LogP contribution in [0.25, 0.3) is 6.08 Å². The van der Waals surface area contributed by atoms with E-state index >= 15 is 0 Å². The number of carbonyl (C=O) groups excluding carboxylic acids is 1. The summed E-state index contributed by atoms with van der Waals surface area (Å²) < 4.78 is 11.0. The Morgan fingerprint density at radius 2 is 1.73 bits per heavy atom. The summed E-state index contributed by atoms with van der Waals surface area (Å²) in [6.45, 7) is 4.04. The fraction of sp³-hybridized carbons (Fsp3) is 0.227. The maximum atomic E-state index is 12.7. The smallest absolute Gasteiger partial charge is 0.189 e. The van der Waals surface area contributed by atoms with Crippen molar-refractivity contribution in [1.29, 1.82) is 0 Å². The topological polar surface area (TPSA) is 55.8 Å². The molecule has 0 aliphatic heterocycles. The van der Waals surface area contributed by atoms with Crippen molar-refractivity contribution in [3.05, 3.63) is 70.8 Å². The number of phenols is 1.